The molecule has 0 bridgehead atoms. The molecule has 1 rings (SSSR count). The first-order chi connectivity index (χ1) is 6.97. The molecule has 0 unspecified atom stereocenters. The van der Waals surface area contributed by atoms with Gasteiger partial charge in [-0.15, -0.1) is 0 Å². The number of nitrogens with zero attached hydrogens (tertiary/aromatic N) is 1. The Labute approximate surface area is 90.5 Å². The highest BCUT2D eigenvalue weighted by Crippen LogP contribution is 2.06. The third kappa shape index (κ3) is 3.07. The highest BCUT2D eigenvalue weighted by Gasteiger charge is 2.15. The fourth-order valence-corrected chi connectivity index (χ4v) is 2.20. The van der Waals surface area contributed by atoms with Crippen LogP contribution in [-0.4, -0.2) is 29.1 Å². The van der Waals surface area contributed by atoms with Gasteiger partial charge in [0.05, 0.1) is 17.6 Å². The maximum Gasteiger partial charge on any atom is 0.154 e. The van der Waals surface area contributed by atoms with Gasteiger partial charge in [-0.05, 0) is 26.0 Å². The van der Waals surface area contributed by atoms with Crippen LogP contribution in [0.25, 0.3) is 0 Å². The van der Waals surface area contributed by atoms with Crippen molar-refractivity contribution in [3.63, 3.8) is 0 Å². The lowest BCUT2D eigenvalue weighted by atomic mass is 10.4. The Morgan fingerprint density at radius 2 is 2.13 bits per heavy atom. The van der Waals surface area contributed by atoms with Crippen molar-refractivity contribution in [1.82, 2.24) is 4.57 Å². The quantitative estimate of drug-likeness (QED) is 0.815. The molecule has 0 saturated heterocycles. The van der Waals surface area contributed by atoms with Crippen molar-refractivity contribution in [3.05, 3.63) is 24.0 Å². The van der Waals surface area contributed by atoms with E-state index >= 15 is 0 Å². The zero-order chi connectivity index (χ0) is 11.5. The molecule has 0 aliphatic carbocycles. The number of hydrogen-bond donors (Lipinski definition) is 1. The van der Waals surface area contributed by atoms with Crippen molar-refractivity contribution >= 4 is 9.84 Å². The summed E-state index contributed by atoms with van der Waals surface area (Å²) in [4.78, 5) is 0. The number of aliphatic hydroxyl groups excluding tert-OH is 1. The monoisotopic (exact) mass is 231 g/mol. The van der Waals surface area contributed by atoms with Crippen LogP contribution < -0.4 is 0 Å². The van der Waals surface area contributed by atoms with E-state index in [1.54, 1.807) is 36.7 Å². The number of aromatic nitrogens is 1. The van der Waals surface area contributed by atoms with Crippen LogP contribution in [0.3, 0.4) is 0 Å². The van der Waals surface area contributed by atoms with Crippen LogP contribution in [0.1, 0.15) is 19.5 Å². The van der Waals surface area contributed by atoms with Crippen LogP contribution in [-0.2, 0) is 23.0 Å². The van der Waals surface area contributed by atoms with E-state index in [9.17, 15) is 8.42 Å². The van der Waals surface area contributed by atoms with Crippen LogP contribution in [0.15, 0.2) is 18.3 Å². The molecular formula is C10H17NO3S. The van der Waals surface area contributed by atoms with E-state index in [1.165, 1.54) is 0 Å². The van der Waals surface area contributed by atoms with Gasteiger partial charge in [-0.3, -0.25) is 0 Å². The molecule has 0 saturated carbocycles. The van der Waals surface area contributed by atoms with Gasteiger partial charge in [-0.2, -0.15) is 0 Å². The summed E-state index contributed by atoms with van der Waals surface area (Å²) in [6, 6.07) is 3.58. The highest BCUT2D eigenvalue weighted by molar-refractivity contribution is 7.91. The van der Waals surface area contributed by atoms with Gasteiger partial charge in [0, 0.05) is 18.4 Å². The normalized spacial score (nSPS) is 12.3. The minimum Gasteiger partial charge on any atom is -0.390 e. The summed E-state index contributed by atoms with van der Waals surface area (Å²) < 4.78 is 24.9. The first kappa shape index (κ1) is 12.3. The topological polar surface area (TPSA) is 59.3 Å². The molecule has 1 aromatic heterocycles. The fourth-order valence-electron chi connectivity index (χ4n) is 1.27. The predicted octanol–water partition coefficient (Wildman–Crippen LogP) is 0.804. The third-order valence-corrected chi connectivity index (χ3v) is 4.61. The van der Waals surface area contributed by atoms with Crippen molar-refractivity contribution in [2.75, 3.05) is 5.75 Å². The Balaban J connectivity index is 2.66. The average Bonchev–Trinajstić information content (AvgIpc) is 2.61. The van der Waals surface area contributed by atoms with Crippen LogP contribution in [0.4, 0.5) is 0 Å². The minimum absolute atomic E-state index is 0.0608. The van der Waals surface area contributed by atoms with Crippen LogP contribution >= 0.6 is 0 Å². The molecule has 0 atom stereocenters. The van der Waals surface area contributed by atoms with Crippen molar-refractivity contribution < 1.29 is 13.5 Å². The molecule has 0 radical (unpaired) electrons. The van der Waals surface area contributed by atoms with E-state index in [-0.39, 0.29) is 17.6 Å². The molecule has 0 aliphatic rings. The molecule has 1 heterocycles. The van der Waals surface area contributed by atoms with Crippen molar-refractivity contribution in [2.24, 2.45) is 0 Å². The Morgan fingerprint density at radius 3 is 2.67 bits per heavy atom. The van der Waals surface area contributed by atoms with Crippen molar-refractivity contribution in [1.29, 1.82) is 0 Å². The van der Waals surface area contributed by atoms with Gasteiger partial charge in [0.2, 0.25) is 0 Å². The molecule has 0 spiro atoms. The summed E-state index contributed by atoms with van der Waals surface area (Å²) in [6.07, 6.45) is 1.78. The summed E-state index contributed by atoms with van der Waals surface area (Å²) in [5, 5.41) is 8.63. The maximum absolute atomic E-state index is 11.5. The van der Waals surface area contributed by atoms with Crippen LogP contribution in [0.2, 0.25) is 0 Å². The van der Waals surface area contributed by atoms with E-state index < -0.39 is 9.84 Å². The minimum atomic E-state index is -3.00. The number of hydrogen-bond acceptors (Lipinski definition) is 3. The van der Waals surface area contributed by atoms with E-state index in [2.05, 4.69) is 0 Å². The second-order valence-corrected chi connectivity index (χ2v) is 6.44. The highest BCUT2D eigenvalue weighted by atomic mass is 32.2. The molecule has 1 N–H and O–H groups in total. The van der Waals surface area contributed by atoms with Gasteiger partial charge in [-0.1, -0.05) is 0 Å². The lowest BCUT2D eigenvalue weighted by molar-refractivity contribution is 0.271. The molecule has 4 nitrogen and oxygen atoms in total. The van der Waals surface area contributed by atoms with Crippen LogP contribution in [0.5, 0.6) is 0 Å². The zero-order valence-electron chi connectivity index (χ0n) is 9.05. The molecule has 0 aromatic carbocycles. The maximum atomic E-state index is 11.5. The molecule has 5 heteroatoms. The first-order valence-electron chi connectivity index (χ1n) is 4.94. The molecule has 1 aromatic rings. The summed E-state index contributed by atoms with van der Waals surface area (Å²) in [6.45, 7) is 3.70. The molecule has 0 fully saturated rings. The third-order valence-electron chi connectivity index (χ3n) is 2.42. The predicted molar refractivity (Wildman–Crippen MR) is 59.3 cm³/mol. The van der Waals surface area contributed by atoms with Gasteiger partial charge in [0.15, 0.2) is 9.84 Å². The Morgan fingerprint density at radius 1 is 1.47 bits per heavy atom. The fraction of sp³-hybridized carbons (Fsp3) is 0.600. The van der Waals surface area contributed by atoms with Crippen molar-refractivity contribution in [2.45, 2.75) is 32.2 Å². The summed E-state index contributed by atoms with van der Waals surface area (Å²) in [5.74, 6) is 0.117. The SMILES string of the molecule is CC(C)S(=O)(=O)CCn1cccc1CO. The van der Waals surface area contributed by atoms with Crippen molar-refractivity contribution in [3.8, 4) is 0 Å². The smallest absolute Gasteiger partial charge is 0.154 e. The average molecular weight is 231 g/mol. The van der Waals surface area contributed by atoms with Gasteiger partial charge < -0.3 is 9.67 Å². The van der Waals surface area contributed by atoms with Gasteiger partial charge in [-0.25, -0.2) is 8.42 Å². The van der Waals surface area contributed by atoms with E-state index in [0.29, 0.717) is 6.54 Å². The Kier molecular flexibility index (Phi) is 3.93. The van der Waals surface area contributed by atoms with E-state index in [4.69, 9.17) is 5.11 Å². The second-order valence-electron chi connectivity index (χ2n) is 3.77. The summed E-state index contributed by atoms with van der Waals surface area (Å²) in [7, 11) is -3.00. The lowest BCUT2D eigenvalue weighted by Gasteiger charge is -2.10. The first-order valence-corrected chi connectivity index (χ1v) is 6.65. The summed E-state index contributed by atoms with van der Waals surface area (Å²) in [5.41, 5.74) is 0.744. The Bertz CT molecular complexity index is 406. The van der Waals surface area contributed by atoms with Gasteiger partial charge >= 0.3 is 0 Å². The van der Waals surface area contributed by atoms with Gasteiger partial charge in [0.1, 0.15) is 0 Å². The van der Waals surface area contributed by atoms with Gasteiger partial charge in [0.25, 0.3) is 0 Å². The largest absolute Gasteiger partial charge is 0.390 e. The molecular weight excluding hydrogens is 214 g/mol. The standard InChI is InChI=1S/C10H17NO3S/c1-9(2)15(13,14)7-6-11-5-3-4-10(11)8-12/h3-5,9,12H,6-8H2,1-2H3. The lowest BCUT2D eigenvalue weighted by Crippen LogP contribution is -2.21. The number of sulfone groups is 1. The molecule has 15 heavy (non-hydrogen) atoms. The van der Waals surface area contributed by atoms with Crippen LogP contribution in [0, 0.1) is 0 Å². The second kappa shape index (κ2) is 4.81. The molecule has 86 valence electrons. The van der Waals surface area contributed by atoms with E-state index in [0.717, 1.165) is 5.69 Å². The molecule has 0 aliphatic heterocycles. The number of aryl methyl sites for hydroxylation is 1. The Hall–Kier alpha value is -0.810. The molecule has 0 amide bonds. The zero-order valence-corrected chi connectivity index (χ0v) is 9.87. The number of aliphatic hydroxyl groups is 1. The number of rotatable bonds is 5. The summed E-state index contributed by atoms with van der Waals surface area (Å²) >= 11 is 0. The van der Waals surface area contributed by atoms with E-state index in [1.807, 2.05) is 0 Å².